The molecule has 2 amide bonds. The Labute approximate surface area is 281 Å². The molecule has 46 heavy (non-hydrogen) atoms. The number of hydrogen-bond acceptors (Lipinski definition) is 4. The molecule has 7 nitrogen and oxygen atoms in total. The van der Waals surface area contributed by atoms with Crippen molar-refractivity contribution in [2.45, 2.75) is 63.3 Å². The van der Waals surface area contributed by atoms with Crippen LogP contribution in [-0.2, 0) is 38.8 Å². The monoisotopic (exact) mass is 717 g/mol. The second kappa shape index (κ2) is 15.3. The summed E-state index contributed by atoms with van der Waals surface area (Å²) in [6, 6.07) is 15.1. The van der Waals surface area contributed by atoms with E-state index in [2.05, 4.69) is 5.32 Å². The summed E-state index contributed by atoms with van der Waals surface area (Å²) in [7, 11) is -4.30. The van der Waals surface area contributed by atoms with Crippen molar-refractivity contribution in [3.63, 3.8) is 0 Å². The van der Waals surface area contributed by atoms with Crippen LogP contribution in [-0.4, -0.2) is 50.0 Å². The van der Waals surface area contributed by atoms with E-state index >= 15 is 0 Å². The molecule has 0 aliphatic heterocycles. The number of anilines is 1. The normalized spacial score (nSPS) is 14.8. The van der Waals surface area contributed by atoms with Gasteiger partial charge in [-0.15, -0.1) is 0 Å². The summed E-state index contributed by atoms with van der Waals surface area (Å²) in [6.45, 7) is -1.06. The third-order valence-corrected chi connectivity index (χ3v) is 9.99. The highest BCUT2D eigenvalue weighted by atomic mass is 35.5. The molecule has 3 aromatic carbocycles. The van der Waals surface area contributed by atoms with E-state index in [0.29, 0.717) is 15.9 Å². The van der Waals surface area contributed by atoms with E-state index < -0.39 is 56.9 Å². The molecule has 1 N–H and O–H groups in total. The molecule has 1 unspecified atom stereocenters. The van der Waals surface area contributed by atoms with E-state index in [-0.39, 0.29) is 29.1 Å². The van der Waals surface area contributed by atoms with E-state index in [1.165, 1.54) is 17.0 Å². The topological polar surface area (TPSA) is 86.8 Å². The molecule has 0 heterocycles. The molecule has 248 valence electrons. The van der Waals surface area contributed by atoms with Gasteiger partial charge in [0.25, 0.3) is 0 Å². The standard InChI is InChI=1S/C32H33Cl3F3N3O4S/c1-46(44,45)41(24-13-15-26(33)25(18-24)32(36,37)38)20-30(42)40(19-22-12-14-27(34)28(35)16-22)29(17-21-8-4-2-5-9-21)31(43)39-23-10-6-3-7-11-23/h2,4-5,8-9,12-16,18,23,29H,3,6-7,10-11,17,19-20H2,1H3,(H,39,43). The van der Waals surface area contributed by atoms with Gasteiger partial charge in [0, 0.05) is 19.0 Å². The molecule has 0 spiro atoms. The Kier molecular flexibility index (Phi) is 11.9. The lowest BCUT2D eigenvalue weighted by Crippen LogP contribution is -2.55. The second-order valence-electron chi connectivity index (χ2n) is 11.3. The summed E-state index contributed by atoms with van der Waals surface area (Å²) in [5, 5.41) is 2.92. The molecular weight excluding hydrogens is 686 g/mol. The molecular formula is C32H33Cl3F3N3O4S. The molecule has 0 bridgehead atoms. The lowest BCUT2D eigenvalue weighted by atomic mass is 9.94. The van der Waals surface area contributed by atoms with E-state index in [0.717, 1.165) is 56.1 Å². The number of nitrogens with one attached hydrogen (secondary N) is 1. The zero-order valence-corrected chi connectivity index (χ0v) is 28.0. The van der Waals surface area contributed by atoms with Crippen LogP contribution in [0.1, 0.15) is 48.8 Å². The van der Waals surface area contributed by atoms with Gasteiger partial charge in [-0.25, -0.2) is 8.42 Å². The van der Waals surface area contributed by atoms with Crippen molar-refractivity contribution < 1.29 is 31.2 Å². The zero-order chi connectivity index (χ0) is 33.6. The second-order valence-corrected chi connectivity index (χ2v) is 14.4. The van der Waals surface area contributed by atoms with Crippen LogP contribution < -0.4 is 9.62 Å². The Morgan fingerprint density at radius 2 is 1.54 bits per heavy atom. The highest BCUT2D eigenvalue weighted by Gasteiger charge is 2.37. The van der Waals surface area contributed by atoms with Gasteiger partial charge >= 0.3 is 6.18 Å². The summed E-state index contributed by atoms with van der Waals surface area (Å²) in [5.41, 5.74) is -0.420. The predicted molar refractivity (Wildman–Crippen MR) is 175 cm³/mol. The Bertz CT molecular complexity index is 1650. The number of amides is 2. The summed E-state index contributed by atoms with van der Waals surface area (Å²) < 4.78 is 67.6. The highest BCUT2D eigenvalue weighted by molar-refractivity contribution is 7.92. The van der Waals surface area contributed by atoms with Crippen molar-refractivity contribution in [3.8, 4) is 0 Å². The first-order valence-corrected chi connectivity index (χ1v) is 17.5. The molecule has 4 rings (SSSR count). The van der Waals surface area contributed by atoms with Crippen LogP contribution in [0.3, 0.4) is 0 Å². The van der Waals surface area contributed by atoms with Crippen LogP contribution in [0.2, 0.25) is 15.1 Å². The number of nitrogens with zero attached hydrogens (tertiary/aromatic N) is 2. The van der Waals surface area contributed by atoms with Gasteiger partial charge < -0.3 is 10.2 Å². The minimum atomic E-state index is -4.88. The third-order valence-electron chi connectivity index (χ3n) is 7.78. The van der Waals surface area contributed by atoms with Crippen molar-refractivity contribution in [3.05, 3.63) is 98.5 Å². The van der Waals surface area contributed by atoms with Gasteiger partial charge in [0.1, 0.15) is 12.6 Å². The highest BCUT2D eigenvalue weighted by Crippen LogP contribution is 2.37. The lowest BCUT2D eigenvalue weighted by Gasteiger charge is -2.35. The fourth-order valence-corrected chi connectivity index (χ4v) is 6.82. The van der Waals surface area contributed by atoms with E-state index in [9.17, 15) is 31.2 Å². The molecule has 1 atom stereocenters. The number of hydrogen-bond donors (Lipinski definition) is 1. The van der Waals surface area contributed by atoms with Crippen molar-refractivity contribution in [2.24, 2.45) is 0 Å². The number of carbonyl (C=O) groups is 2. The molecule has 0 aromatic heterocycles. The van der Waals surface area contributed by atoms with E-state index in [4.69, 9.17) is 34.8 Å². The largest absolute Gasteiger partial charge is 0.417 e. The summed E-state index contributed by atoms with van der Waals surface area (Å²) in [5.74, 6) is -1.25. The minimum absolute atomic E-state index is 0.0878. The average molecular weight is 719 g/mol. The summed E-state index contributed by atoms with van der Waals surface area (Å²) in [6.07, 6.45) is 0.513. The molecule has 1 saturated carbocycles. The van der Waals surface area contributed by atoms with Crippen LogP contribution in [0.5, 0.6) is 0 Å². The first kappa shape index (κ1) is 35.9. The number of rotatable bonds is 11. The molecule has 1 aliphatic carbocycles. The van der Waals surface area contributed by atoms with Gasteiger partial charge in [-0.2, -0.15) is 13.2 Å². The maximum Gasteiger partial charge on any atom is 0.417 e. The Morgan fingerprint density at radius 1 is 0.891 bits per heavy atom. The molecule has 14 heteroatoms. The third kappa shape index (κ3) is 9.53. The fraction of sp³-hybridized carbons (Fsp3) is 0.375. The van der Waals surface area contributed by atoms with Gasteiger partial charge in [0.2, 0.25) is 21.8 Å². The predicted octanol–water partition coefficient (Wildman–Crippen LogP) is 7.52. The minimum Gasteiger partial charge on any atom is -0.352 e. The molecule has 3 aromatic rings. The average Bonchev–Trinajstić information content (AvgIpc) is 2.99. The summed E-state index contributed by atoms with van der Waals surface area (Å²) >= 11 is 18.1. The zero-order valence-electron chi connectivity index (χ0n) is 24.9. The molecule has 1 fully saturated rings. The number of benzene rings is 3. The lowest BCUT2D eigenvalue weighted by molar-refractivity contribution is -0.140. The van der Waals surface area contributed by atoms with Gasteiger partial charge in [0.15, 0.2) is 0 Å². The number of halogens is 6. The van der Waals surface area contributed by atoms with Crippen molar-refractivity contribution >= 4 is 62.3 Å². The van der Waals surface area contributed by atoms with Gasteiger partial charge in [-0.1, -0.05) is 90.5 Å². The van der Waals surface area contributed by atoms with Crippen molar-refractivity contribution in [1.29, 1.82) is 0 Å². The van der Waals surface area contributed by atoms with Crippen LogP contribution >= 0.6 is 34.8 Å². The van der Waals surface area contributed by atoms with Crippen LogP contribution in [0.25, 0.3) is 0 Å². The van der Waals surface area contributed by atoms with Crippen LogP contribution in [0.15, 0.2) is 66.7 Å². The van der Waals surface area contributed by atoms with Crippen molar-refractivity contribution in [2.75, 3.05) is 17.1 Å². The quantitative estimate of drug-likeness (QED) is 0.222. The smallest absolute Gasteiger partial charge is 0.352 e. The maximum absolute atomic E-state index is 14.2. The summed E-state index contributed by atoms with van der Waals surface area (Å²) in [4.78, 5) is 29.5. The Hall–Kier alpha value is -2.99. The number of carbonyl (C=O) groups excluding carboxylic acids is 2. The number of alkyl halides is 3. The Balaban J connectivity index is 1.77. The molecule has 1 aliphatic rings. The van der Waals surface area contributed by atoms with E-state index in [1.54, 1.807) is 30.3 Å². The van der Waals surface area contributed by atoms with Crippen molar-refractivity contribution in [1.82, 2.24) is 10.2 Å². The van der Waals surface area contributed by atoms with Gasteiger partial charge in [-0.3, -0.25) is 13.9 Å². The molecule has 0 radical (unpaired) electrons. The maximum atomic E-state index is 14.2. The Morgan fingerprint density at radius 3 is 2.15 bits per heavy atom. The van der Waals surface area contributed by atoms with E-state index in [1.807, 2.05) is 6.07 Å². The van der Waals surface area contributed by atoms with Crippen LogP contribution in [0, 0.1) is 0 Å². The SMILES string of the molecule is CS(=O)(=O)N(CC(=O)N(Cc1ccc(Cl)c(Cl)c1)C(Cc1ccccc1)C(=O)NC1CCCCC1)c1ccc(Cl)c(C(F)(F)F)c1. The van der Waals surface area contributed by atoms with Gasteiger partial charge in [-0.05, 0) is 54.3 Å². The fourth-order valence-electron chi connectivity index (χ4n) is 5.43. The van der Waals surface area contributed by atoms with Gasteiger partial charge in [0.05, 0.1) is 32.6 Å². The molecule has 0 saturated heterocycles. The van der Waals surface area contributed by atoms with Crippen LogP contribution in [0.4, 0.5) is 18.9 Å². The number of sulfonamides is 1. The first-order valence-electron chi connectivity index (χ1n) is 14.6. The first-order chi connectivity index (χ1) is 21.6.